The Morgan fingerprint density at radius 2 is 2.20 bits per heavy atom. The molecule has 3 N–H and O–H groups in total. The van der Waals surface area contributed by atoms with E-state index < -0.39 is 17.9 Å². The van der Waals surface area contributed by atoms with Crippen LogP contribution in [0.15, 0.2) is 30.3 Å². The molecule has 0 bridgehead atoms. The topological polar surface area (TPSA) is 75.8 Å². The second kappa shape index (κ2) is 6.19. The van der Waals surface area contributed by atoms with Crippen LogP contribution in [0.3, 0.4) is 0 Å². The lowest BCUT2D eigenvalue weighted by molar-refractivity contribution is -0.0745. The number of benzene rings is 1. The van der Waals surface area contributed by atoms with E-state index in [1.54, 1.807) is 0 Å². The third-order valence-corrected chi connectivity index (χ3v) is 3.60. The Balaban J connectivity index is 1.85. The van der Waals surface area contributed by atoms with E-state index in [0.29, 0.717) is 0 Å². The van der Waals surface area contributed by atoms with Gasteiger partial charge in [-0.3, -0.25) is 0 Å². The van der Waals surface area contributed by atoms with Crippen LogP contribution in [0.4, 0.5) is 9.18 Å². The Morgan fingerprint density at radius 1 is 1.50 bits per heavy atom. The molecule has 1 aromatic rings. The summed E-state index contributed by atoms with van der Waals surface area (Å²) in [5.41, 5.74) is 4.70. The molecule has 1 aliphatic rings. The molecule has 1 heterocycles. The molecular formula is C14H19FN2O3. The van der Waals surface area contributed by atoms with Gasteiger partial charge in [0.25, 0.3) is 0 Å². The molecule has 1 fully saturated rings. The van der Waals surface area contributed by atoms with Gasteiger partial charge in [0.1, 0.15) is 18.4 Å². The number of piperidine rings is 1. The Kier molecular flexibility index (Phi) is 4.57. The lowest BCUT2D eigenvalue weighted by Crippen LogP contribution is -2.58. The van der Waals surface area contributed by atoms with Crippen molar-refractivity contribution in [3.8, 4) is 0 Å². The average Bonchev–Trinajstić information content (AvgIpc) is 2.48. The van der Waals surface area contributed by atoms with Gasteiger partial charge in [0.15, 0.2) is 0 Å². The van der Waals surface area contributed by atoms with Crippen LogP contribution in [0.2, 0.25) is 0 Å². The molecule has 0 radical (unpaired) electrons. The number of carbonyl (C=O) groups is 1. The molecule has 1 amide bonds. The van der Waals surface area contributed by atoms with Gasteiger partial charge in [-0.2, -0.15) is 0 Å². The van der Waals surface area contributed by atoms with Crippen molar-refractivity contribution in [2.45, 2.75) is 24.8 Å². The zero-order valence-electron chi connectivity index (χ0n) is 11.2. The van der Waals surface area contributed by atoms with Gasteiger partial charge in [-0.25, -0.2) is 9.18 Å². The number of rotatable bonds is 3. The maximum atomic E-state index is 13.8. The van der Waals surface area contributed by atoms with E-state index in [1.165, 1.54) is 4.90 Å². The molecular weight excluding hydrogens is 263 g/mol. The van der Waals surface area contributed by atoms with Crippen molar-refractivity contribution in [2.75, 3.05) is 19.6 Å². The lowest BCUT2D eigenvalue weighted by Gasteiger charge is -2.39. The Morgan fingerprint density at radius 3 is 2.80 bits per heavy atom. The number of alkyl halides is 1. The lowest BCUT2D eigenvalue weighted by atomic mass is 9.90. The predicted molar refractivity (Wildman–Crippen MR) is 71.7 cm³/mol. The van der Waals surface area contributed by atoms with Gasteiger partial charge in [0.05, 0.1) is 6.54 Å². The van der Waals surface area contributed by atoms with Gasteiger partial charge in [-0.1, -0.05) is 30.3 Å². The van der Waals surface area contributed by atoms with Crippen molar-refractivity contribution in [1.82, 2.24) is 4.90 Å². The summed E-state index contributed by atoms with van der Waals surface area (Å²) in [7, 11) is 0. The number of amides is 1. The third kappa shape index (κ3) is 3.26. The number of hydrogen-bond donors (Lipinski definition) is 2. The first-order chi connectivity index (χ1) is 9.55. The summed E-state index contributed by atoms with van der Waals surface area (Å²) in [4.78, 5) is 13.1. The molecule has 1 aromatic carbocycles. The van der Waals surface area contributed by atoms with Crippen molar-refractivity contribution in [2.24, 2.45) is 5.73 Å². The molecule has 5 nitrogen and oxygen atoms in total. The summed E-state index contributed by atoms with van der Waals surface area (Å²) in [6, 6.07) is 9.26. The fourth-order valence-corrected chi connectivity index (χ4v) is 2.15. The summed E-state index contributed by atoms with van der Waals surface area (Å²) in [5.74, 6) is 0. The molecule has 1 aliphatic heterocycles. The third-order valence-electron chi connectivity index (χ3n) is 3.60. The summed E-state index contributed by atoms with van der Waals surface area (Å²) in [6.45, 7) is 0.0401. The van der Waals surface area contributed by atoms with Crippen LogP contribution in [0.5, 0.6) is 0 Å². The number of nitrogens with zero attached hydrogens (tertiary/aromatic N) is 1. The van der Waals surface area contributed by atoms with E-state index in [4.69, 9.17) is 10.5 Å². The minimum absolute atomic E-state index is 0.116. The molecule has 6 heteroatoms. The van der Waals surface area contributed by atoms with Gasteiger partial charge >= 0.3 is 6.09 Å². The summed E-state index contributed by atoms with van der Waals surface area (Å²) in [6.07, 6.45) is -2.01. The van der Waals surface area contributed by atoms with Crippen LogP contribution < -0.4 is 5.73 Å². The van der Waals surface area contributed by atoms with Gasteiger partial charge in [0, 0.05) is 13.1 Å². The fraction of sp³-hybridized carbons (Fsp3) is 0.500. The van der Waals surface area contributed by atoms with E-state index in [9.17, 15) is 14.3 Å². The highest BCUT2D eigenvalue weighted by Crippen LogP contribution is 2.24. The van der Waals surface area contributed by atoms with E-state index in [1.807, 2.05) is 30.3 Å². The van der Waals surface area contributed by atoms with Gasteiger partial charge < -0.3 is 20.5 Å². The standard InChI is InChI=1S/C14H19FN2O3/c15-12-8-17(7-6-14(12,19)10-16)13(18)20-9-11-4-2-1-3-5-11/h1-5,12,19H,6-10,16H2/t12-,14+/m1/s1. The smallest absolute Gasteiger partial charge is 0.410 e. The maximum absolute atomic E-state index is 13.8. The zero-order chi connectivity index (χ0) is 14.6. The van der Waals surface area contributed by atoms with Crippen LogP contribution in [0, 0.1) is 0 Å². The van der Waals surface area contributed by atoms with Gasteiger partial charge in [0.2, 0.25) is 0 Å². The Bertz CT molecular complexity index is 457. The van der Waals surface area contributed by atoms with Crippen LogP contribution in [0.1, 0.15) is 12.0 Å². The van der Waals surface area contributed by atoms with Gasteiger partial charge in [-0.15, -0.1) is 0 Å². The summed E-state index contributed by atoms with van der Waals surface area (Å²) < 4.78 is 19.0. The van der Waals surface area contributed by atoms with Gasteiger partial charge in [-0.05, 0) is 12.0 Å². The zero-order valence-corrected chi connectivity index (χ0v) is 11.2. The van der Waals surface area contributed by atoms with E-state index in [2.05, 4.69) is 0 Å². The minimum atomic E-state index is -1.55. The Hall–Kier alpha value is -1.66. The number of nitrogens with two attached hydrogens (primary N) is 1. The van der Waals surface area contributed by atoms with Crippen molar-refractivity contribution in [3.05, 3.63) is 35.9 Å². The quantitative estimate of drug-likeness (QED) is 0.869. The highest BCUT2D eigenvalue weighted by atomic mass is 19.1. The van der Waals surface area contributed by atoms with E-state index in [-0.39, 0.29) is 32.7 Å². The molecule has 0 aliphatic carbocycles. The predicted octanol–water partition coefficient (Wildman–Crippen LogP) is 1.06. The summed E-state index contributed by atoms with van der Waals surface area (Å²) in [5, 5.41) is 9.88. The number of halogens is 1. The number of aliphatic hydroxyl groups is 1. The monoisotopic (exact) mass is 282 g/mol. The first kappa shape index (κ1) is 14.7. The number of likely N-dealkylation sites (tertiary alicyclic amines) is 1. The van der Waals surface area contributed by atoms with Crippen molar-refractivity contribution >= 4 is 6.09 Å². The highest BCUT2D eigenvalue weighted by molar-refractivity contribution is 5.67. The molecule has 110 valence electrons. The minimum Gasteiger partial charge on any atom is -0.445 e. The molecule has 0 aromatic heterocycles. The molecule has 1 saturated heterocycles. The molecule has 20 heavy (non-hydrogen) atoms. The Labute approximate surface area is 117 Å². The number of hydrogen-bond acceptors (Lipinski definition) is 4. The number of ether oxygens (including phenoxy) is 1. The molecule has 0 unspecified atom stereocenters. The maximum Gasteiger partial charge on any atom is 0.410 e. The SMILES string of the molecule is NC[C@@]1(O)CCN(C(=O)OCc2ccccc2)C[C@H]1F. The second-order valence-electron chi connectivity index (χ2n) is 5.01. The van der Waals surface area contributed by atoms with Crippen LogP contribution in [-0.4, -0.2) is 47.5 Å². The molecule has 0 spiro atoms. The first-order valence-corrected chi connectivity index (χ1v) is 6.57. The van der Waals surface area contributed by atoms with Crippen LogP contribution in [-0.2, 0) is 11.3 Å². The molecule has 2 atom stereocenters. The first-order valence-electron chi connectivity index (χ1n) is 6.57. The fourth-order valence-electron chi connectivity index (χ4n) is 2.15. The van der Waals surface area contributed by atoms with Crippen molar-refractivity contribution in [3.63, 3.8) is 0 Å². The molecule has 2 rings (SSSR count). The van der Waals surface area contributed by atoms with Crippen molar-refractivity contribution in [1.29, 1.82) is 0 Å². The second-order valence-corrected chi connectivity index (χ2v) is 5.01. The van der Waals surface area contributed by atoms with E-state index >= 15 is 0 Å². The van der Waals surface area contributed by atoms with Crippen molar-refractivity contribution < 1.29 is 19.0 Å². The van der Waals surface area contributed by atoms with E-state index in [0.717, 1.165) is 5.56 Å². The normalized spacial score (nSPS) is 26.4. The molecule has 0 saturated carbocycles. The van der Waals surface area contributed by atoms with Crippen LogP contribution >= 0.6 is 0 Å². The van der Waals surface area contributed by atoms with Crippen LogP contribution in [0.25, 0.3) is 0 Å². The number of carbonyl (C=O) groups excluding carboxylic acids is 1. The largest absolute Gasteiger partial charge is 0.445 e. The average molecular weight is 282 g/mol. The summed E-state index contributed by atoms with van der Waals surface area (Å²) >= 11 is 0. The highest BCUT2D eigenvalue weighted by Gasteiger charge is 2.42.